The summed E-state index contributed by atoms with van der Waals surface area (Å²) >= 11 is 0. The average molecular weight is 526 g/mol. The maximum Gasteiger partial charge on any atom is 0.307 e. The van der Waals surface area contributed by atoms with Gasteiger partial charge in [0.25, 0.3) is 10.0 Å². The SMILES string of the molecule is O=C(O)Cc1ccc(N=C(c2ccccc2)C2C(=O)Nc3ccc(NS(=O)(=O)c4ccccc4)cc32)cc1. The third kappa shape index (κ3) is 5.33. The summed E-state index contributed by atoms with van der Waals surface area (Å²) in [6.07, 6.45) is -0.102. The average Bonchev–Trinajstić information content (AvgIpc) is 3.23. The van der Waals surface area contributed by atoms with Gasteiger partial charge in [-0.05, 0) is 59.2 Å². The number of amides is 1. The van der Waals surface area contributed by atoms with Crippen molar-refractivity contribution in [1.29, 1.82) is 0 Å². The number of hydrogen-bond donors (Lipinski definition) is 3. The summed E-state index contributed by atoms with van der Waals surface area (Å²) in [7, 11) is -3.82. The first kappa shape index (κ1) is 24.9. The fraction of sp³-hybridized carbons (Fsp3) is 0.0690. The van der Waals surface area contributed by atoms with Crippen LogP contribution in [0.2, 0.25) is 0 Å². The van der Waals surface area contributed by atoms with Gasteiger partial charge in [0.2, 0.25) is 5.91 Å². The number of aliphatic imine (C=N–C) groups is 1. The highest BCUT2D eigenvalue weighted by atomic mass is 32.2. The van der Waals surface area contributed by atoms with Crippen molar-refractivity contribution in [1.82, 2.24) is 0 Å². The normalized spacial score (nSPS) is 15.0. The fourth-order valence-electron chi connectivity index (χ4n) is 4.32. The van der Waals surface area contributed by atoms with Crippen molar-refractivity contribution in [2.24, 2.45) is 4.99 Å². The van der Waals surface area contributed by atoms with Crippen LogP contribution in [0.5, 0.6) is 0 Å². The van der Waals surface area contributed by atoms with Gasteiger partial charge in [0.1, 0.15) is 5.92 Å². The number of carbonyl (C=O) groups is 2. The van der Waals surface area contributed by atoms with Crippen LogP contribution < -0.4 is 10.0 Å². The van der Waals surface area contributed by atoms with E-state index in [1.807, 2.05) is 30.3 Å². The van der Waals surface area contributed by atoms with Gasteiger partial charge < -0.3 is 10.4 Å². The maximum atomic E-state index is 13.2. The number of carboxylic acids is 1. The van der Waals surface area contributed by atoms with Gasteiger partial charge in [0.05, 0.1) is 22.7 Å². The standard InChI is InChI=1S/C29H23N3O5S/c33-26(34)17-19-11-13-21(14-12-19)30-28(20-7-3-1-4-8-20)27-24-18-22(15-16-25(24)31-29(27)35)32-38(36,37)23-9-5-2-6-10-23/h1-16,18,27,32H,17H2,(H,31,35)(H,33,34). The Morgan fingerprint density at radius 2 is 1.55 bits per heavy atom. The van der Waals surface area contributed by atoms with E-state index in [0.717, 1.165) is 5.56 Å². The Kier molecular flexibility index (Phi) is 6.76. The highest BCUT2D eigenvalue weighted by Gasteiger charge is 2.36. The van der Waals surface area contributed by atoms with Crippen molar-refractivity contribution < 1.29 is 23.1 Å². The molecule has 0 saturated carbocycles. The molecule has 0 saturated heterocycles. The lowest BCUT2D eigenvalue weighted by Gasteiger charge is -2.15. The molecule has 1 aliphatic rings. The summed E-state index contributed by atoms with van der Waals surface area (Å²) in [5.41, 5.74) is 3.88. The molecule has 9 heteroatoms. The van der Waals surface area contributed by atoms with Crippen molar-refractivity contribution >= 4 is 44.7 Å². The van der Waals surface area contributed by atoms with Gasteiger partial charge in [-0.15, -0.1) is 0 Å². The molecule has 0 aromatic heterocycles. The monoisotopic (exact) mass is 525 g/mol. The molecule has 1 amide bonds. The van der Waals surface area contributed by atoms with Crippen molar-refractivity contribution in [2.75, 3.05) is 10.0 Å². The largest absolute Gasteiger partial charge is 0.481 e. The molecular formula is C29H23N3O5S. The number of carboxylic acid groups (broad SMARTS) is 1. The zero-order chi connectivity index (χ0) is 26.7. The Balaban J connectivity index is 1.54. The van der Waals surface area contributed by atoms with Gasteiger partial charge in [-0.25, -0.2) is 8.42 Å². The second-order valence-corrected chi connectivity index (χ2v) is 10.4. The van der Waals surface area contributed by atoms with Crippen molar-refractivity contribution in [3.63, 3.8) is 0 Å². The second-order valence-electron chi connectivity index (χ2n) is 8.74. The highest BCUT2D eigenvalue weighted by molar-refractivity contribution is 7.92. The quantitative estimate of drug-likeness (QED) is 0.280. The molecule has 1 aliphatic heterocycles. The number of nitrogens with zero attached hydrogens (tertiary/aromatic N) is 1. The van der Waals surface area contributed by atoms with Crippen molar-refractivity contribution in [2.45, 2.75) is 17.2 Å². The van der Waals surface area contributed by atoms with Crippen LogP contribution in [-0.2, 0) is 26.0 Å². The topological polar surface area (TPSA) is 125 Å². The fourth-order valence-corrected chi connectivity index (χ4v) is 5.39. The first-order valence-electron chi connectivity index (χ1n) is 11.8. The van der Waals surface area contributed by atoms with Crippen molar-refractivity contribution in [3.05, 3.63) is 120 Å². The van der Waals surface area contributed by atoms with Gasteiger partial charge in [0, 0.05) is 11.4 Å². The molecule has 1 atom stereocenters. The Hall–Kier alpha value is -4.76. The minimum absolute atomic E-state index is 0.102. The summed E-state index contributed by atoms with van der Waals surface area (Å²) < 4.78 is 28.4. The van der Waals surface area contributed by atoms with Gasteiger partial charge in [-0.2, -0.15) is 0 Å². The molecule has 4 aromatic rings. The lowest BCUT2D eigenvalue weighted by atomic mass is 9.90. The Labute approximate surface area is 219 Å². The summed E-state index contributed by atoms with van der Waals surface area (Å²) in [5, 5.41) is 11.9. The van der Waals surface area contributed by atoms with E-state index >= 15 is 0 Å². The third-order valence-corrected chi connectivity index (χ3v) is 7.47. The zero-order valence-electron chi connectivity index (χ0n) is 20.0. The third-order valence-electron chi connectivity index (χ3n) is 6.07. The minimum atomic E-state index is -3.82. The Bertz CT molecular complexity index is 1640. The smallest absolute Gasteiger partial charge is 0.307 e. The first-order chi connectivity index (χ1) is 18.3. The molecule has 0 fully saturated rings. The molecule has 0 aliphatic carbocycles. The van der Waals surface area contributed by atoms with Crippen molar-refractivity contribution in [3.8, 4) is 0 Å². The van der Waals surface area contributed by atoms with Crippen LogP contribution in [0, 0.1) is 0 Å². The van der Waals surface area contributed by atoms with E-state index in [-0.39, 0.29) is 17.2 Å². The van der Waals surface area contributed by atoms with E-state index in [1.165, 1.54) is 12.1 Å². The predicted molar refractivity (Wildman–Crippen MR) is 145 cm³/mol. The van der Waals surface area contributed by atoms with Crippen LogP contribution in [0.25, 0.3) is 0 Å². The van der Waals surface area contributed by atoms with Crippen LogP contribution in [0.3, 0.4) is 0 Å². The van der Waals surface area contributed by atoms with Gasteiger partial charge in [-0.1, -0.05) is 60.7 Å². The molecule has 8 nitrogen and oxygen atoms in total. The number of nitrogens with one attached hydrogen (secondary N) is 2. The number of carbonyl (C=O) groups excluding carboxylic acids is 1. The van der Waals surface area contributed by atoms with Gasteiger partial charge >= 0.3 is 5.97 Å². The first-order valence-corrected chi connectivity index (χ1v) is 13.3. The molecule has 1 unspecified atom stereocenters. The van der Waals surface area contributed by atoms with Gasteiger partial charge in [0.15, 0.2) is 0 Å². The van der Waals surface area contributed by atoms with E-state index in [4.69, 9.17) is 10.1 Å². The van der Waals surface area contributed by atoms with E-state index in [0.29, 0.717) is 33.9 Å². The Morgan fingerprint density at radius 1 is 0.895 bits per heavy atom. The minimum Gasteiger partial charge on any atom is -0.481 e. The summed E-state index contributed by atoms with van der Waals surface area (Å²) in [4.78, 5) is 29.2. The lowest BCUT2D eigenvalue weighted by Crippen LogP contribution is -2.22. The maximum absolute atomic E-state index is 13.2. The molecule has 4 aromatic carbocycles. The number of anilines is 2. The van der Waals surface area contributed by atoms with Crippen LogP contribution in [0.1, 0.15) is 22.6 Å². The second kappa shape index (κ2) is 10.3. The number of rotatable bonds is 8. The lowest BCUT2D eigenvalue weighted by molar-refractivity contribution is -0.136. The van der Waals surface area contributed by atoms with E-state index in [1.54, 1.807) is 60.7 Å². The predicted octanol–water partition coefficient (Wildman–Crippen LogP) is 4.97. The zero-order valence-corrected chi connectivity index (χ0v) is 20.9. The molecule has 38 heavy (non-hydrogen) atoms. The number of sulfonamides is 1. The molecule has 190 valence electrons. The van der Waals surface area contributed by atoms with Crippen LogP contribution >= 0.6 is 0 Å². The number of benzene rings is 4. The molecular weight excluding hydrogens is 502 g/mol. The molecule has 0 radical (unpaired) electrons. The molecule has 1 heterocycles. The molecule has 3 N–H and O–H groups in total. The van der Waals surface area contributed by atoms with E-state index in [2.05, 4.69) is 10.0 Å². The summed E-state index contributed by atoms with van der Waals surface area (Å²) in [6, 6.07) is 29.0. The van der Waals surface area contributed by atoms with Crippen LogP contribution in [-0.4, -0.2) is 31.1 Å². The summed E-state index contributed by atoms with van der Waals surface area (Å²) in [5.74, 6) is -2.01. The Morgan fingerprint density at radius 3 is 2.21 bits per heavy atom. The highest BCUT2D eigenvalue weighted by Crippen LogP contribution is 2.38. The number of hydrogen-bond acceptors (Lipinski definition) is 5. The number of fused-ring (bicyclic) bond motifs is 1. The van der Waals surface area contributed by atoms with Crippen LogP contribution in [0.15, 0.2) is 113 Å². The molecule has 5 rings (SSSR count). The number of aliphatic carboxylic acids is 1. The van der Waals surface area contributed by atoms with E-state index < -0.39 is 21.9 Å². The van der Waals surface area contributed by atoms with Gasteiger partial charge in [-0.3, -0.25) is 19.3 Å². The van der Waals surface area contributed by atoms with Crippen LogP contribution in [0.4, 0.5) is 17.1 Å². The molecule has 0 bridgehead atoms. The van der Waals surface area contributed by atoms with E-state index in [9.17, 15) is 18.0 Å². The molecule has 0 spiro atoms. The summed E-state index contributed by atoms with van der Waals surface area (Å²) in [6.45, 7) is 0.